The first kappa shape index (κ1) is 11.6. The maximum Gasteiger partial charge on any atom is 0.231 e. The van der Waals surface area contributed by atoms with E-state index in [1.807, 2.05) is 18.4 Å². The lowest BCUT2D eigenvalue weighted by molar-refractivity contribution is -0.129. The van der Waals surface area contributed by atoms with E-state index in [1.54, 1.807) is 18.4 Å². The molecular formula is C10H12BrN3OS. The molecule has 1 atom stereocenters. The average molecular weight is 302 g/mol. The van der Waals surface area contributed by atoms with Crippen LogP contribution in [-0.2, 0) is 10.3 Å². The number of hydrogen-bond acceptors (Lipinski definition) is 3. The fourth-order valence-electron chi connectivity index (χ4n) is 1.76. The summed E-state index contributed by atoms with van der Waals surface area (Å²) in [5.74, 6) is 0.116. The van der Waals surface area contributed by atoms with Crippen LogP contribution in [0.1, 0.15) is 18.2 Å². The van der Waals surface area contributed by atoms with Crippen LogP contribution in [0.25, 0.3) is 0 Å². The van der Waals surface area contributed by atoms with Crippen molar-refractivity contribution in [3.63, 3.8) is 0 Å². The molecule has 1 aliphatic heterocycles. The van der Waals surface area contributed by atoms with Gasteiger partial charge in [-0.3, -0.25) is 15.1 Å². The van der Waals surface area contributed by atoms with Crippen molar-refractivity contribution in [1.29, 1.82) is 5.41 Å². The van der Waals surface area contributed by atoms with Crippen LogP contribution in [0.15, 0.2) is 15.9 Å². The third kappa shape index (κ3) is 1.76. The zero-order valence-electron chi connectivity index (χ0n) is 9.00. The van der Waals surface area contributed by atoms with Gasteiger partial charge in [0.25, 0.3) is 0 Å². The fourth-order valence-corrected chi connectivity index (χ4v) is 3.69. The van der Waals surface area contributed by atoms with Crippen LogP contribution in [0.2, 0.25) is 0 Å². The molecule has 0 bridgehead atoms. The number of nitrogens with one attached hydrogen (secondary N) is 2. The quantitative estimate of drug-likeness (QED) is 0.835. The van der Waals surface area contributed by atoms with E-state index in [-0.39, 0.29) is 11.9 Å². The molecule has 4 nitrogen and oxygen atoms in total. The second kappa shape index (κ2) is 3.85. The van der Waals surface area contributed by atoms with Crippen molar-refractivity contribution < 1.29 is 4.79 Å². The molecule has 0 saturated carbocycles. The van der Waals surface area contributed by atoms with E-state index in [4.69, 9.17) is 5.41 Å². The third-order valence-corrected chi connectivity index (χ3v) is 4.83. The Hall–Kier alpha value is -0.880. The standard InChI is InChI=1S/C10H12BrN3OS/c1-10(8-6(11)3-4-16-8)5-7(15)14(2)9(12)13-10/h3-4H,5H2,1-2H3,(H2,12,13)/t10-/m0/s1. The van der Waals surface area contributed by atoms with Gasteiger partial charge in [0.2, 0.25) is 5.91 Å². The fraction of sp³-hybridized carbons (Fsp3) is 0.400. The monoisotopic (exact) mass is 301 g/mol. The van der Waals surface area contributed by atoms with Crippen LogP contribution in [0.4, 0.5) is 0 Å². The van der Waals surface area contributed by atoms with E-state index in [9.17, 15) is 4.79 Å². The van der Waals surface area contributed by atoms with E-state index in [0.717, 1.165) is 9.35 Å². The van der Waals surface area contributed by atoms with Gasteiger partial charge in [0, 0.05) is 16.4 Å². The summed E-state index contributed by atoms with van der Waals surface area (Å²) >= 11 is 5.05. The minimum Gasteiger partial charge on any atom is -0.345 e. The van der Waals surface area contributed by atoms with Gasteiger partial charge in [0.05, 0.1) is 12.0 Å². The molecular weight excluding hydrogens is 290 g/mol. The maximum absolute atomic E-state index is 11.8. The van der Waals surface area contributed by atoms with Crippen LogP contribution in [0, 0.1) is 5.41 Å². The molecule has 0 aromatic carbocycles. The highest BCUT2D eigenvalue weighted by Gasteiger charge is 2.39. The van der Waals surface area contributed by atoms with E-state index in [2.05, 4.69) is 21.2 Å². The van der Waals surface area contributed by atoms with Gasteiger partial charge in [-0.15, -0.1) is 11.3 Å². The summed E-state index contributed by atoms with van der Waals surface area (Å²) in [6, 6.07) is 1.96. The lowest BCUT2D eigenvalue weighted by Gasteiger charge is -2.38. The van der Waals surface area contributed by atoms with Gasteiger partial charge >= 0.3 is 0 Å². The van der Waals surface area contributed by atoms with Gasteiger partial charge in [-0.1, -0.05) is 0 Å². The second-order valence-electron chi connectivity index (χ2n) is 4.03. The average Bonchev–Trinajstić information content (AvgIpc) is 2.61. The molecule has 0 unspecified atom stereocenters. The molecule has 2 heterocycles. The molecule has 0 spiro atoms. The molecule has 86 valence electrons. The summed E-state index contributed by atoms with van der Waals surface area (Å²) in [5.41, 5.74) is -0.478. The Balaban J connectivity index is 2.37. The number of rotatable bonds is 1. The Morgan fingerprint density at radius 1 is 1.69 bits per heavy atom. The number of thiophene rings is 1. The highest BCUT2D eigenvalue weighted by molar-refractivity contribution is 9.10. The number of amides is 1. The zero-order chi connectivity index (χ0) is 11.9. The summed E-state index contributed by atoms with van der Waals surface area (Å²) in [6.07, 6.45) is 0.366. The zero-order valence-corrected chi connectivity index (χ0v) is 11.4. The van der Waals surface area contributed by atoms with Crippen molar-refractivity contribution in [1.82, 2.24) is 10.2 Å². The SMILES string of the molecule is CN1C(=N)N[C@](C)(c2sccc2Br)CC1=O. The number of halogens is 1. The first-order valence-corrected chi connectivity index (χ1v) is 6.48. The molecule has 16 heavy (non-hydrogen) atoms. The number of guanidine groups is 1. The molecule has 1 fully saturated rings. The lowest BCUT2D eigenvalue weighted by atomic mass is 9.93. The number of nitrogens with zero attached hydrogens (tertiary/aromatic N) is 1. The number of carbonyl (C=O) groups is 1. The molecule has 0 aliphatic carbocycles. The Morgan fingerprint density at radius 3 is 2.88 bits per heavy atom. The van der Waals surface area contributed by atoms with E-state index >= 15 is 0 Å². The normalized spacial score (nSPS) is 25.8. The minimum atomic E-state index is -0.478. The predicted octanol–water partition coefficient (Wildman–Crippen LogP) is 2.11. The van der Waals surface area contributed by atoms with Crippen molar-refractivity contribution in [2.45, 2.75) is 18.9 Å². The minimum absolute atomic E-state index is 0.0356. The summed E-state index contributed by atoms with van der Waals surface area (Å²) in [7, 11) is 1.61. The van der Waals surface area contributed by atoms with Gasteiger partial charge in [0.1, 0.15) is 0 Å². The molecule has 1 amide bonds. The van der Waals surface area contributed by atoms with Crippen LogP contribution < -0.4 is 5.32 Å². The number of carbonyl (C=O) groups excluding carboxylic acids is 1. The van der Waals surface area contributed by atoms with Crippen molar-refractivity contribution >= 4 is 39.1 Å². The van der Waals surface area contributed by atoms with Gasteiger partial charge in [-0.05, 0) is 34.3 Å². The Morgan fingerprint density at radius 2 is 2.38 bits per heavy atom. The van der Waals surface area contributed by atoms with E-state index in [1.165, 1.54) is 4.90 Å². The molecule has 0 radical (unpaired) electrons. The molecule has 6 heteroatoms. The van der Waals surface area contributed by atoms with Crippen molar-refractivity contribution in [2.24, 2.45) is 0 Å². The highest BCUT2D eigenvalue weighted by Crippen LogP contribution is 2.37. The topological polar surface area (TPSA) is 56.2 Å². The Labute approximate surface area is 106 Å². The second-order valence-corrected chi connectivity index (χ2v) is 5.80. The third-order valence-electron chi connectivity index (χ3n) is 2.73. The molecule has 1 aliphatic rings. The van der Waals surface area contributed by atoms with Gasteiger partial charge < -0.3 is 5.32 Å². The molecule has 2 N–H and O–H groups in total. The van der Waals surface area contributed by atoms with Gasteiger partial charge in [-0.2, -0.15) is 0 Å². The highest BCUT2D eigenvalue weighted by atomic mass is 79.9. The smallest absolute Gasteiger partial charge is 0.231 e. The Kier molecular flexibility index (Phi) is 2.79. The van der Waals surface area contributed by atoms with Crippen LogP contribution in [0.5, 0.6) is 0 Å². The molecule has 1 saturated heterocycles. The largest absolute Gasteiger partial charge is 0.345 e. The van der Waals surface area contributed by atoms with Crippen LogP contribution in [0.3, 0.4) is 0 Å². The maximum atomic E-state index is 11.8. The number of hydrogen-bond donors (Lipinski definition) is 2. The predicted molar refractivity (Wildman–Crippen MR) is 67.6 cm³/mol. The first-order valence-electron chi connectivity index (χ1n) is 4.81. The first-order chi connectivity index (χ1) is 7.44. The van der Waals surface area contributed by atoms with Gasteiger partial charge in [-0.25, -0.2) is 0 Å². The lowest BCUT2D eigenvalue weighted by Crippen LogP contribution is -2.57. The van der Waals surface area contributed by atoms with Crippen LogP contribution in [-0.4, -0.2) is 23.8 Å². The summed E-state index contributed by atoms with van der Waals surface area (Å²) in [6.45, 7) is 1.95. The van der Waals surface area contributed by atoms with Crippen LogP contribution >= 0.6 is 27.3 Å². The van der Waals surface area contributed by atoms with Crippen molar-refractivity contribution in [2.75, 3.05) is 7.05 Å². The molecule has 2 rings (SSSR count). The molecule has 1 aromatic rings. The summed E-state index contributed by atoms with van der Waals surface area (Å²) in [5, 5.41) is 12.8. The van der Waals surface area contributed by atoms with Gasteiger partial charge in [0.15, 0.2) is 5.96 Å². The van der Waals surface area contributed by atoms with E-state index in [0.29, 0.717) is 6.42 Å². The van der Waals surface area contributed by atoms with Crippen molar-refractivity contribution in [3.05, 3.63) is 20.8 Å². The van der Waals surface area contributed by atoms with E-state index < -0.39 is 5.54 Å². The molecule has 1 aromatic heterocycles. The summed E-state index contributed by atoms with van der Waals surface area (Å²) < 4.78 is 0.984. The van der Waals surface area contributed by atoms with Crippen molar-refractivity contribution in [3.8, 4) is 0 Å². The Bertz CT molecular complexity index is 439. The summed E-state index contributed by atoms with van der Waals surface area (Å²) in [4.78, 5) is 14.2.